The van der Waals surface area contributed by atoms with Crippen molar-refractivity contribution >= 4 is 40.9 Å². The zero-order valence-electron chi connectivity index (χ0n) is 15.2. The molecule has 3 aromatic rings. The lowest BCUT2D eigenvalue weighted by Crippen LogP contribution is -2.38. The van der Waals surface area contributed by atoms with Crippen LogP contribution in [0.5, 0.6) is 0 Å². The lowest BCUT2D eigenvalue weighted by Gasteiger charge is -2.11. The number of hydrogen-bond donors (Lipinski definition) is 2. The molecule has 1 aromatic carbocycles. The largest absolute Gasteiger partial charge is 0.459 e. The number of para-hydroxylation sites is 1. The number of rotatable bonds is 6. The van der Waals surface area contributed by atoms with Gasteiger partial charge in [-0.25, -0.2) is 4.99 Å². The summed E-state index contributed by atoms with van der Waals surface area (Å²) in [6.45, 7) is 6.28. The van der Waals surface area contributed by atoms with E-state index < -0.39 is 0 Å². The molecule has 138 valence electrons. The number of guanidine groups is 1. The van der Waals surface area contributed by atoms with Gasteiger partial charge in [0, 0.05) is 36.4 Å². The molecule has 0 saturated heterocycles. The van der Waals surface area contributed by atoms with Crippen LogP contribution in [0.1, 0.15) is 23.8 Å². The van der Waals surface area contributed by atoms with E-state index in [-0.39, 0.29) is 24.0 Å². The summed E-state index contributed by atoms with van der Waals surface area (Å²) in [5.41, 5.74) is 3.28. The molecule has 2 heterocycles. The number of fused-ring (bicyclic) bond motifs is 1. The molecule has 0 aliphatic heterocycles. The molecule has 0 unspecified atom stereocenters. The number of nitrogens with zero attached hydrogens (tertiary/aromatic N) is 2. The molecule has 0 atom stereocenters. The van der Waals surface area contributed by atoms with Gasteiger partial charge >= 0.3 is 0 Å². The van der Waals surface area contributed by atoms with Crippen molar-refractivity contribution in [3.8, 4) is 0 Å². The first kappa shape index (κ1) is 20.2. The molecule has 0 radical (unpaired) electrons. The minimum atomic E-state index is 0. The molecule has 0 spiro atoms. The molecular weight excluding hydrogens is 439 g/mol. The van der Waals surface area contributed by atoms with Crippen LogP contribution in [0.3, 0.4) is 0 Å². The van der Waals surface area contributed by atoms with E-state index in [1.807, 2.05) is 30.5 Å². The number of nitrogens with one attached hydrogen (secondary N) is 2. The van der Waals surface area contributed by atoms with Crippen molar-refractivity contribution in [2.24, 2.45) is 4.99 Å². The second-order valence-electron chi connectivity index (χ2n) is 5.88. The van der Waals surface area contributed by atoms with Crippen molar-refractivity contribution in [1.82, 2.24) is 15.6 Å². The Kier molecular flexibility index (Phi) is 7.90. The summed E-state index contributed by atoms with van der Waals surface area (Å²) in [6.07, 6.45) is 4.59. The second kappa shape index (κ2) is 10.2. The van der Waals surface area contributed by atoms with Crippen LogP contribution in [0.2, 0.25) is 0 Å². The predicted molar refractivity (Wildman–Crippen MR) is 117 cm³/mol. The smallest absolute Gasteiger partial charge is 0.191 e. The molecule has 0 aliphatic carbocycles. The SMILES string of the molecule is CCNC(=NCc1oc2ccccc2c1C)NCCc1cccnc1.I. The highest BCUT2D eigenvalue weighted by Crippen LogP contribution is 2.25. The van der Waals surface area contributed by atoms with E-state index in [0.717, 1.165) is 47.8 Å². The molecule has 0 bridgehead atoms. The van der Waals surface area contributed by atoms with Crippen LogP contribution in [0, 0.1) is 6.92 Å². The quantitative estimate of drug-likeness (QED) is 0.328. The zero-order chi connectivity index (χ0) is 17.5. The summed E-state index contributed by atoms with van der Waals surface area (Å²) in [6, 6.07) is 12.1. The van der Waals surface area contributed by atoms with Gasteiger partial charge in [-0.2, -0.15) is 0 Å². The van der Waals surface area contributed by atoms with Crippen LogP contribution in [-0.4, -0.2) is 24.0 Å². The van der Waals surface area contributed by atoms with E-state index in [9.17, 15) is 0 Å². The summed E-state index contributed by atoms with van der Waals surface area (Å²) >= 11 is 0. The molecule has 0 fully saturated rings. The topological polar surface area (TPSA) is 62.5 Å². The fourth-order valence-electron chi connectivity index (χ4n) is 2.74. The number of benzene rings is 1. The predicted octanol–water partition coefficient (Wildman–Crippen LogP) is 4.05. The normalized spacial score (nSPS) is 11.2. The van der Waals surface area contributed by atoms with Gasteiger partial charge in [0.15, 0.2) is 5.96 Å². The van der Waals surface area contributed by atoms with Crippen LogP contribution in [-0.2, 0) is 13.0 Å². The van der Waals surface area contributed by atoms with E-state index in [0.29, 0.717) is 6.54 Å². The number of hydrogen-bond acceptors (Lipinski definition) is 3. The number of pyridine rings is 1. The van der Waals surface area contributed by atoms with Crippen molar-refractivity contribution in [3.05, 3.63) is 65.7 Å². The van der Waals surface area contributed by atoms with Crippen LogP contribution < -0.4 is 10.6 Å². The Morgan fingerprint density at radius 1 is 1.15 bits per heavy atom. The van der Waals surface area contributed by atoms with E-state index in [1.165, 1.54) is 5.56 Å². The monoisotopic (exact) mass is 464 g/mol. The molecule has 0 amide bonds. The zero-order valence-corrected chi connectivity index (χ0v) is 17.5. The highest BCUT2D eigenvalue weighted by Gasteiger charge is 2.09. The van der Waals surface area contributed by atoms with Crippen LogP contribution in [0.4, 0.5) is 0 Å². The van der Waals surface area contributed by atoms with Crippen molar-refractivity contribution < 1.29 is 4.42 Å². The molecule has 3 rings (SSSR count). The highest BCUT2D eigenvalue weighted by atomic mass is 127. The number of aromatic nitrogens is 1. The van der Waals surface area contributed by atoms with Gasteiger partial charge in [-0.05, 0) is 38.0 Å². The van der Waals surface area contributed by atoms with Crippen LogP contribution in [0.25, 0.3) is 11.0 Å². The number of furan rings is 1. The van der Waals surface area contributed by atoms with Crippen LogP contribution in [0.15, 0.2) is 58.2 Å². The highest BCUT2D eigenvalue weighted by molar-refractivity contribution is 14.0. The first-order valence-electron chi connectivity index (χ1n) is 8.66. The van der Waals surface area contributed by atoms with Crippen molar-refractivity contribution in [2.75, 3.05) is 13.1 Å². The van der Waals surface area contributed by atoms with Gasteiger partial charge in [0.2, 0.25) is 0 Å². The van der Waals surface area contributed by atoms with Gasteiger partial charge in [-0.1, -0.05) is 24.3 Å². The van der Waals surface area contributed by atoms with E-state index >= 15 is 0 Å². The average molecular weight is 464 g/mol. The lowest BCUT2D eigenvalue weighted by molar-refractivity contribution is 0.548. The molecule has 0 aliphatic rings. The summed E-state index contributed by atoms with van der Waals surface area (Å²) < 4.78 is 5.93. The molecule has 26 heavy (non-hydrogen) atoms. The molecule has 6 heteroatoms. The van der Waals surface area contributed by atoms with Gasteiger partial charge in [0.05, 0.1) is 0 Å². The summed E-state index contributed by atoms with van der Waals surface area (Å²) in [5, 5.41) is 7.79. The maximum absolute atomic E-state index is 5.93. The first-order chi connectivity index (χ1) is 12.3. The Labute approximate surface area is 171 Å². The van der Waals surface area contributed by atoms with E-state index in [2.05, 4.69) is 46.6 Å². The maximum atomic E-state index is 5.93. The van der Waals surface area contributed by atoms with Crippen LogP contribution >= 0.6 is 24.0 Å². The minimum absolute atomic E-state index is 0. The Hall–Kier alpha value is -2.09. The molecule has 0 saturated carbocycles. The van der Waals surface area contributed by atoms with Crippen molar-refractivity contribution in [2.45, 2.75) is 26.8 Å². The number of halogens is 1. The molecular formula is C20H25IN4O. The Bertz CT molecular complexity index is 845. The summed E-state index contributed by atoms with van der Waals surface area (Å²) in [5.74, 6) is 1.71. The van der Waals surface area contributed by atoms with Gasteiger partial charge in [-0.3, -0.25) is 4.98 Å². The standard InChI is InChI=1S/C20H24N4O.HI/c1-3-22-20(23-12-10-16-7-6-11-21-13-16)24-14-19-15(2)17-8-4-5-9-18(17)25-19;/h4-9,11,13H,3,10,12,14H2,1-2H3,(H2,22,23,24);1H. The Morgan fingerprint density at radius 2 is 2.00 bits per heavy atom. The van der Waals surface area contributed by atoms with E-state index in [1.54, 1.807) is 6.20 Å². The lowest BCUT2D eigenvalue weighted by atomic mass is 10.1. The van der Waals surface area contributed by atoms with Crippen molar-refractivity contribution in [1.29, 1.82) is 0 Å². The number of aliphatic imine (C=N–C) groups is 1. The number of aryl methyl sites for hydroxylation is 1. The molecule has 5 nitrogen and oxygen atoms in total. The van der Waals surface area contributed by atoms with Gasteiger partial charge in [0.25, 0.3) is 0 Å². The fourth-order valence-corrected chi connectivity index (χ4v) is 2.74. The molecule has 2 N–H and O–H groups in total. The van der Waals surface area contributed by atoms with E-state index in [4.69, 9.17) is 4.42 Å². The Balaban J connectivity index is 0.00000243. The second-order valence-corrected chi connectivity index (χ2v) is 5.88. The minimum Gasteiger partial charge on any atom is -0.459 e. The Morgan fingerprint density at radius 3 is 2.73 bits per heavy atom. The third-order valence-corrected chi connectivity index (χ3v) is 4.10. The maximum Gasteiger partial charge on any atom is 0.191 e. The van der Waals surface area contributed by atoms with Crippen molar-refractivity contribution in [3.63, 3.8) is 0 Å². The van der Waals surface area contributed by atoms with Gasteiger partial charge in [0.1, 0.15) is 17.9 Å². The summed E-state index contributed by atoms with van der Waals surface area (Å²) in [4.78, 5) is 8.80. The fraction of sp³-hybridized carbons (Fsp3) is 0.300. The van der Waals surface area contributed by atoms with Gasteiger partial charge < -0.3 is 15.1 Å². The van der Waals surface area contributed by atoms with Gasteiger partial charge in [-0.15, -0.1) is 24.0 Å². The third kappa shape index (κ3) is 5.20. The summed E-state index contributed by atoms with van der Waals surface area (Å²) in [7, 11) is 0. The first-order valence-corrected chi connectivity index (χ1v) is 8.66. The third-order valence-electron chi connectivity index (χ3n) is 4.10. The average Bonchev–Trinajstić information content (AvgIpc) is 2.97. The molecule has 2 aromatic heterocycles.